The first kappa shape index (κ1) is 84.7. The lowest BCUT2D eigenvalue weighted by molar-refractivity contribution is -0.146. The van der Waals surface area contributed by atoms with Gasteiger partial charge in [0.05, 0.1) is 13.0 Å². The van der Waals surface area contributed by atoms with Crippen LogP contribution in [0, 0.1) is 16.2 Å². The Kier molecular flexibility index (Phi) is 30.5. The molecule has 1 unspecified atom stereocenters. The summed E-state index contributed by atoms with van der Waals surface area (Å²) < 4.78 is 5.67. The van der Waals surface area contributed by atoms with Gasteiger partial charge in [0.15, 0.2) is 11.9 Å². The third-order valence-electron chi connectivity index (χ3n) is 20.0. The SMILES string of the molecule is C[C@@H]1NC(=O)[C@@H]2CCC(C)(C)CC[C@H](NC(=O)CNC(=O)OCC3c4ccccc4-c4ccccc43)C(=O)N[C@@H](CCCC[C@@H](C(N)=O)NC(=O)[C@H](CCCNC(=N)N)NC(=O)[C@H](Cc3cc4ccccc4[nH]3)NC1=O)C(=O)N[C@@H](CO)C(=O)N[C@@H](CC(=O)O)C(=O)N1CCCC1C(=O)N[C@@H](CCCNC(=N)N)C(=O)N2. The molecule has 600 valence electrons. The number of fused-ring (bicyclic) bond motifs is 14. The molecule has 37 heteroatoms. The molecule has 11 atom stereocenters. The Morgan fingerprint density at radius 2 is 1.13 bits per heavy atom. The number of nitrogens with zero attached hydrogens (tertiary/aromatic N) is 1. The van der Waals surface area contributed by atoms with Gasteiger partial charge in [0.25, 0.3) is 0 Å². The second-order valence-corrected chi connectivity index (χ2v) is 29.0. The van der Waals surface area contributed by atoms with Crippen LogP contribution in [0.25, 0.3) is 22.0 Å². The number of ether oxygens (including phenoxy) is 1. The van der Waals surface area contributed by atoms with Gasteiger partial charge >= 0.3 is 12.1 Å². The molecule has 1 aromatic heterocycles. The lowest BCUT2D eigenvalue weighted by atomic mass is 9.80. The molecule has 3 saturated heterocycles. The number of aromatic amines is 1. The molecule has 13 amide bonds. The Bertz CT molecular complexity index is 4030. The zero-order valence-corrected chi connectivity index (χ0v) is 62.2. The van der Waals surface area contributed by atoms with Gasteiger partial charge in [-0.15, -0.1) is 0 Å². The summed E-state index contributed by atoms with van der Waals surface area (Å²) in [6, 6.07) is 6.40. The smallest absolute Gasteiger partial charge is 0.407 e. The maximum atomic E-state index is 15.1. The molecule has 3 aliphatic heterocycles. The van der Waals surface area contributed by atoms with E-state index in [1.165, 1.54) is 6.92 Å². The lowest BCUT2D eigenvalue weighted by Crippen LogP contribution is -2.61. The van der Waals surface area contributed by atoms with Crippen LogP contribution < -0.4 is 86.3 Å². The van der Waals surface area contributed by atoms with Gasteiger partial charge in [-0.25, -0.2) is 4.79 Å². The number of alkyl carbamates (subject to hydrolysis) is 1. The third-order valence-corrected chi connectivity index (χ3v) is 20.0. The summed E-state index contributed by atoms with van der Waals surface area (Å²) in [7, 11) is 0. The topological polar surface area (TPSA) is 590 Å². The summed E-state index contributed by atoms with van der Waals surface area (Å²) in [4.78, 5) is 205. The molecular formula is C74H102N20O17. The lowest BCUT2D eigenvalue weighted by Gasteiger charge is -2.32. The van der Waals surface area contributed by atoms with Crippen LogP contribution >= 0.6 is 0 Å². The van der Waals surface area contributed by atoms with E-state index in [9.17, 15) is 63.0 Å². The highest BCUT2D eigenvalue weighted by Crippen LogP contribution is 2.44. The second kappa shape index (κ2) is 40.0. The summed E-state index contributed by atoms with van der Waals surface area (Å²) in [5.74, 6) is -14.9. The number of nitrogens with one attached hydrogen (secondary N) is 16. The molecule has 4 aliphatic rings. The van der Waals surface area contributed by atoms with E-state index < -0.39 is 186 Å². The number of amides is 13. The minimum absolute atomic E-state index is 0.00201. The number of nitrogens with two attached hydrogens (primary N) is 3. The molecule has 0 spiro atoms. The van der Waals surface area contributed by atoms with Crippen molar-refractivity contribution in [3.05, 3.63) is 95.7 Å². The van der Waals surface area contributed by atoms with Gasteiger partial charge in [-0.3, -0.25) is 73.1 Å². The first-order valence-corrected chi connectivity index (χ1v) is 37.1. The van der Waals surface area contributed by atoms with E-state index in [1.807, 2.05) is 54.6 Å². The number of carboxylic acid groups (broad SMARTS) is 1. The number of aliphatic hydroxyl groups excluding tert-OH is 1. The van der Waals surface area contributed by atoms with Crippen molar-refractivity contribution in [1.82, 2.24) is 79.0 Å². The number of aliphatic carboxylic acids is 1. The first-order chi connectivity index (χ1) is 52.9. The Morgan fingerprint density at radius 3 is 1.76 bits per heavy atom. The Hall–Kier alpha value is -11.9. The van der Waals surface area contributed by atoms with Crippen LogP contribution in [0.1, 0.15) is 140 Å². The van der Waals surface area contributed by atoms with Crippen molar-refractivity contribution < 1.29 is 82.1 Å². The van der Waals surface area contributed by atoms with E-state index in [4.69, 9.17) is 32.8 Å². The molecule has 37 nitrogen and oxygen atoms in total. The number of benzene rings is 3. The molecule has 4 heterocycles. The summed E-state index contributed by atoms with van der Waals surface area (Å²) in [5, 5.41) is 70.7. The average molecular weight is 1540 g/mol. The Morgan fingerprint density at radius 1 is 0.586 bits per heavy atom. The van der Waals surface area contributed by atoms with Gasteiger partial charge in [-0.2, -0.15) is 0 Å². The number of primary amides is 1. The fraction of sp³-hybridized carbons (Fsp3) is 0.514. The standard InChI is InChI=1S/C74H102N20O17/c1-39-61(100)91-54(34-41-33-40-15-4-9-20-47(40)84-41)67(106)88-50(23-12-30-80-71(76)77)63(102)86-48(60(75)99)21-10-11-22-49-65(104)93-56(37-95)68(107)92-55(35-59(97)98)70(109)94-32-14-25-57(94)69(108)90-51(24-13-31-81-72(78)79)64(103)89-53(62(101)83-39)27-29-74(2,3)28-26-52(66(105)87-49)85-58(96)36-82-73(110)111-38-46-44-18-7-5-16-42(44)43-17-6-8-19-45(43)46/h4-9,15-20,33,39,46,48-57,84,95H,10-14,21-32,34-38H2,1-3H3,(H2,75,99)(H,82,110)(H,83,101)(H,85,96)(H,86,102)(H,87,105)(H,88,106)(H,89,103)(H,90,108)(H,91,100)(H,92,107)(H,93,104)(H,97,98)(H4,76,77,80)(H4,78,79,81)/t39-,48-,49-,50-,51-,52-,53-,54-,55-,56-,57?/m0/s1. The number of aromatic nitrogens is 1. The molecule has 1 aliphatic carbocycles. The highest BCUT2D eigenvalue weighted by Gasteiger charge is 2.42. The van der Waals surface area contributed by atoms with E-state index in [1.54, 1.807) is 38.1 Å². The van der Waals surface area contributed by atoms with Crippen LogP contribution in [0.3, 0.4) is 0 Å². The average Bonchev–Trinajstić information content (AvgIpc) is 1.62. The minimum Gasteiger partial charge on any atom is -0.481 e. The van der Waals surface area contributed by atoms with E-state index in [0.717, 1.165) is 32.5 Å². The van der Waals surface area contributed by atoms with Gasteiger partial charge in [0.2, 0.25) is 70.9 Å². The van der Waals surface area contributed by atoms with E-state index >= 15 is 14.4 Å². The fourth-order valence-electron chi connectivity index (χ4n) is 14.0. The molecule has 2 bridgehead atoms. The van der Waals surface area contributed by atoms with Crippen molar-refractivity contribution in [3.8, 4) is 11.1 Å². The van der Waals surface area contributed by atoms with Crippen molar-refractivity contribution in [1.29, 1.82) is 10.8 Å². The van der Waals surface area contributed by atoms with E-state index in [2.05, 4.69) is 74.1 Å². The van der Waals surface area contributed by atoms with Crippen LogP contribution in [0.15, 0.2) is 78.9 Å². The van der Waals surface area contributed by atoms with Gasteiger partial charge < -0.3 is 111 Å². The maximum absolute atomic E-state index is 15.1. The van der Waals surface area contributed by atoms with Crippen molar-refractivity contribution in [3.63, 3.8) is 0 Å². The van der Waals surface area contributed by atoms with E-state index in [0.29, 0.717) is 11.2 Å². The van der Waals surface area contributed by atoms with Crippen molar-refractivity contribution >= 4 is 106 Å². The maximum Gasteiger partial charge on any atom is 0.407 e. The predicted molar refractivity (Wildman–Crippen MR) is 402 cm³/mol. The van der Waals surface area contributed by atoms with Crippen LogP contribution in [0.2, 0.25) is 0 Å². The van der Waals surface area contributed by atoms with Crippen LogP contribution in [0.4, 0.5) is 4.79 Å². The highest BCUT2D eigenvalue weighted by atomic mass is 16.5. The number of para-hydroxylation sites is 1. The van der Waals surface area contributed by atoms with Crippen LogP contribution in [-0.2, 0) is 73.5 Å². The summed E-state index contributed by atoms with van der Waals surface area (Å²) in [5.41, 5.74) is 21.0. The molecule has 0 radical (unpaired) electrons. The molecular weight excluding hydrogens is 1440 g/mol. The third kappa shape index (κ3) is 24.5. The molecule has 3 aromatic carbocycles. The fourth-order valence-corrected chi connectivity index (χ4v) is 14.0. The molecule has 24 N–H and O–H groups in total. The molecule has 111 heavy (non-hydrogen) atoms. The van der Waals surface area contributed by atoms with E-state index in [-0.39, 0.29) is 128 Å². The predicted octanol–water partition coefficient (Wildman–Crippen LogP) is -2.24. The Balaban J connectivity index is 1.18. The molecule has 0 saturated carbocycles. The monoisotopic (exact) mass is 1540 g/mol. The Labute approximate surface area is 639 Å². The van der Waals surface area contributed by atoms with Gasteiger partial charge in [-0.1, -0.05) is 93.4 Å². The van der Waals surface area contributed by atoms with Gasteiger partial charge in [0.1, 0.15) is 79.6 Å². The number of rotatable bonds is 19. The van der Waals surface area contributed by atoms with Crippen molar-refractivity contribution in [2.45, 2.75) is 196 Å². The quantitative estimate of drug-likeness (QED) is 0.0268. The molecule has 3 fully saturated rings. The van der Waals surface area contributed by atoms with Crippen molar-refractivity contribution in [2.75, 3.05) is 39.4 Å². The van der Waals surface area contributed by atoms with Crippen molar-refractivity contribution in [2.24, 2.45) is 22.6 Å². The number of aliphatic hydroxyl groups is 1. The van der Waals surface area contributed by atoms with Gasteiger partial charge in [-0.05, 0) is 129 Å². The summed E-state index contributed by atoms with van der Waals surface area (Å²) in [6.07, 6.45) is -3.68. The number of guanidine groups is 2. The minimum atomic E-state index is -1.98. The number of carboxylic acids is 1. The summed E-state index contributed by atoms with van der Waals surface area (Å²) >= 11 is 0. The number of hydrogen-bond donors (Lipinski definition) is 21. The van der Waals surface area contributed by atoms with Crippen LogP contribution in [0.5, 0.6) is 0 Å². The number of carbonyl (C=O) groups is 14. The summed E-state index contributed by atoms with van der Waals surface area (Å²) in [6.45, 7) is 2.61. The number of H-pyrrole nitrogens is 1. The zero-order valence-electron chi connectivity index (χ0n) is 62.2. The molecule has 8 rings (SSSR count). The molecule has 4 aromatic rings. The largest absolute Gasteiger partial charge is 0.481 e. The number of carbonyl (C=O) groups excluding carboxylic acids is 13. The number of hydrogen-bond acceptors (Lipinski definition) is 18. The first-order valence-electron chi connectivity index (χ1n) is 37.1. The normalized spacial score (nSPS) is 24.4. The van der Waals surface area contributed by atoms with Gasteiger partial charge in [0, 0.05) is 43.2 Å². The zero-order chi connectivity index (χ0) is 80.6. The second-order valence-electron chi connectivity index (χ2n) is 29.0. The highest BCUT2D eigenvalue weighted by molar-refractivity contribution is 6.00. The van der Waals surface area contributed by atoms with Crippen LogP contribution in [-0.4, -0.2) is 221 Å².